The zero-order valence-electron chi connectivity index (χ0n) is 18.9. The van der Waals surface area contributed by atoms with Gasteiger partial charge in [0.05, 0.1) is 13.2 Å². The number of carbonyl (C=O) groups excluding carboxylic acids is 1. The number of hydrogen-bond donors (Lipinski definition) is 0. The fourth-order valence-corrected chi connectivity index (χ4v) is 7.78. The van der Waals surface area contributed by atoms with Gasteiger partial charge in [0.15, 0.2) is 0 Å². The van der Waals surface area contributed by atoms with Crippen molar-refractivity contribution in [3.63, 3.8) is 0 Å². The first-order valence-corrected chi connectivity index (χ1v) is 11.7. The second-order valence-corrected chi connectivity index (χ2v) is 10.7. The fraction of sp³-hybridized carbons (Fsp3) is 0.593. The van der Waals surface area contributed by atoms with Crippen LogP contribution in [-0.4, -0.2) is 31.0 Å². The third-order valence-corrected chi connectivity index (χ3v) is 9.19. The van der Waals surface area contributed by atoms with E-state index < -0.39 is 0 Å². The van der Waals surface area contributed by atoms with Crippen LogP contribution in [0.2, 0.25) is 0 Å². The van der Waals surface area contributed by atoms with Crippen molar-refractivity contribution in [2.24, 2.45) is 28.6 Å². The Balaban J connectivity index is 1.61. The molecular weight excluding hydrogens is 370 g/mol. The highest BCUT2D eigenvalue weighted by Gasteiger charge is 2.59. The Morgan fingerprint density at radius 1 is 1.17 bits per heavy atom. The number of ether oxygens (including phenoxy) is 1. The van der Waals surface area contributed by atoms with Gasteiger partial charge in [0.25, 0.3) is 0 Å². The fourth-order valence-electron chi connectivity index (χ4n) is 7.78. The number of rotatable bonds is 2. The van der Waals surface area contributed by atoms with Crippen LogP contribution in [0.4, 0.5) is 0 Å². The lowest BCUT2D eigenvalue weighted by Gasteiger charge is -2.60. The summed E-state index contributed by atoms with van der Waals surface area (Å²) < 4.78 is 5.46. The highest BCUT2D eigenvalue weighted by Crippen LogP contribution is 2.64. The van der Waals surface area contributed by atoms with E-state index in [0.29, 0.717) is 11.3 Å². The molecule has 1 amide bonds. The molecule has 0 aromatic heterocycles. The topological polar surface area (TPSA) is 29.5 Å². The summed E-state index contributed by atoms with van der Waals surface area (Å²) in [4.78, 5) is 14.7. The van der Waals surface area contributed by atoms with Gasteiger partial charge >= 0.3 is 0 Å². The van der Waals surface area contributed by atoms with Crippen molar-refractivity contribution in [3.8, 4) is 5.75 Å². The Hall–Kier alpha value is -2.03. The van der Waals surface area contributed by atoms with Gasteiger partial charge in [-0.3, -0.25) is 4.79 Å². The zero-order valence-corrected chi connectivity index (χ0v) is 18.9. The number of amides is 1. The molecular formula is C27H35NO2. The Labute approximate surface area is 181 Å². The SMILES string of the molecule is COc1cccc(C=C2C[C@H]3[C@@H]4CCC[C@@]4(C)CC[C@@H]3[C@@]3(C)C=CC(=O)N(C)[C@H]23)c1. The molecule has 0 bridgehead atoms. The van der Waals surface area contributed by atoms with Crippen molar-refractivity contribution >= 4 is 12.0 Å². The summed E-state index contributed by atoms with van der Waals surface area (Å²) in [7, 11) is 3.72. The van der Waals surface area contributed by atoms with Crippen molar-refractivity contribution < 1.29 is 9.53 Å². The van der Waals surface area contributed by atoms with E-state index in [4.69, 9.17) is 4.74 Å². The molecule has 1 aliphatic heterocycles. The highest BCUT2D eigenvalue weighted by molar-refractivity contribution is 5.89. The minimum absolute atomic E-state index is 0.0141. The molecule has 1 aromatic carbocycles. The molecule has 0 spiro atoms. The first-order chi connectivity index (χ1) is 14.4. The van der Waals surface area contributed by atoms with Crippen molar-refractivity contribution in [1.29, 1.82) is 0 Å². The molecule has 3 saturated carbocycles. The van der Waals surface area contributed by atoms with Crippen LogP contribution >= 0.6 is 0 Å². The van der Waals surface area contributed by atoms with Crippen LogP contribution in [0.25, 0.3) is 6.08 Å². The lowest BCUT2D eigenvalue weighted by atomic mass is 9.47. The number of nitrogens with zero attached hydrogens (tertiary/aromatic N) is 1. The molecule has 5 rings (SSSR count). The standard InChI is InChI=1S/C27H35NO2/c1-26-12-6-9-22(26)21-17-19(15-18-7-5-8-20(16-18)30-4)25-27(2,23(21)10-13-26)14-11-24(29)28(25)3/h5,7-8,11,14-16,21-23,25H,6,9-10,12-13,17H2,1-4H3/t21-,22-,23-,25+,26-,27+/m0/s1. The van der Waals surface area contributed by atoms with E-state index in [1.165, 1.54) is 43.2 Å². The molecule has 1 heterocycles. The summed E-state index contributed by atoms with van der Waals surface area (Å²) in [6, 6.07) is 8.46. The molecule has 30 heavy (non-hydrogen) atoms. The van der Waals surface area contributed by atoms with Crippen LogP contribution in [0, 0.1) is 28.6 Å². The van der Waals surface area contributed by atoms with E-state index in [9.17, 15) is 4.79 Å². The van der Waals surface area contributed by atoms with Crippen LogP contribution in [0.5, 0.6) is 5.75 Å². The third kappa shape index (κ3) is 2.88. The second-order valence-electron chi connectivity index (χ2n) is 10.7. The van der Waals surface area contributed by atoms with Crippen LogP contribution in [0.15, 0.2) is 42.0 Å². The maximum absolute atomic E-state index is 12.7. The molecule has 3 fully saturated rings. The van der Waals surface area contributed by atoms with Gasteiger partial charge in [-0.15, -0.1) is 0 Å². The highest BCUT2D eigenvalue weighted by atomic mass is 16.5. The molecule has 160 valence electrons. The van der Waals surface area contributed by atoms with E-state index in [2.05, 4.69) is 44.2 Å². The average molecular weight is 406 g/mol. The number of hydrogen-bond acceptors (Lipinski definition) is 2. The predicted molar refractivity (Wildman–Crippen MR) is 121 cm³/mol. The van der Waals surface area contributed by atoms with Crippen LogP contribution in [-0.2, 0) is 4.79 Å². The summed E-state index contributed by atoms with van der Waals surface area (Å²) >= 11 is 0. The number of methoxy groups -OCH3 is 1. The van der Waals surface area contributed by atoms with Gasteiger partial charge in [0.2, 0.25) is 5.91 Å². The van der Waals surface area contributed by atoms with Crippen LogP contribution in [0.3, 0.4) is 0 Å². The van der Waals surface area contributed by atoms with Gasteiger partial charge in [-0.25, -0.2) is 0 Å². The number of likely N-dealkylation sites (N-methyl/N-ethyl adjacent to an activating group) is 1. The number of fused-ring (bicyclic) bond motifs is 5. The summed E-state index contributed by atoms with van der Waals surface area (Å²) in [5.74, 6) is 3.21. The first-order valence-electron chi connectivity index (χ1n) is 11.7. The molecule has 3 heteroatoms. The van der Waals surface area contributed by atoms with Crippen LogP contribution in [0.1, 0.15) is 57.9 Å². The molecule has 3 aliphatic carbocycles. The summed E-state index contributed by atoms with van der Waals surface area (Å²) in [5.41, 5.74) is 3.13. The van der Waals surface area contributed by atoms with Gasteiger partial charge in [-0.2, -0.15) is 0 Å². The number of carbonyl (C=O) groups is 1. The molecule has 0 saturated heterocycles. The van der Waals surface area contributed by atoms with Crippen molar-refractivity contribution in [1.82, 2.24) is 4.90 Å². The van der Waals surface area contributed by atoms with Gasteiger partial charge in [-0.1, -0.05) is 44.6 Å². The predicted octanol–water partition coefficient (Wildman–Crippen LogP) is 5.72. The van der Waals surface area contributed by atoms with Gasteiger partial charge in [0, 0.05) is 12.5 Å². The minimum Gasteiger partial charge on any atom is -0.497 e. The second kappa shape index (κ2) is 7.00. The van der Waals surface area contributed by atoms with E-state index >= 15 is 0 Å². The average Bonchev–Trinajstić information content (AvgIpc) is 3.13. The maximum Gasteiger partial charge on any atom is 0.246 e. The zero-order chi connectivity index (χ0) is 21.1. The van der Waals surface area contributed by atoms with Gasteiger partial charge in [0.1, 0.15) is 5.75 Å². The summed E-state index contributed by atoms with van der Waals surface area (Å²) in [6.07, 6.45) is 14.4. The minimum atomic E-state index is 0.0141. The molecule has 0 unspecified atom stereocenters. The molecule has 1 aromatic rings. The van der Waals surface area contributed by atoms with Crippen LogP contribution < -0.4 is 4.74 Å². The lowest BCUT2D eigenvalue weighted by molar-refractivity contribution is -0.133. The quantitative estimate of drug-likeness (QED) is 0.630. The third-order valence-electron chi connectivity index (χ3n) is 9.19. The molecule has 3 nitrogen and oxygen atoms in total. The number of benzene rings is 1. The van der Waals surface area contributed by atoms with Crippen molar-refractivity contribution in [2.75, 3.05) is 14.2 Å². The van der Waals surface area contributed by atoms with E-state index in [1.807, 2.05) is 24.1 Å². The Kier molecular flexibility index (Phi) is 4.65. The first kappa shape index (κ1) is 19.9. The molecule has 6 atom stereocenters. The molecule has 0 radical (unpaired) electrons. The maximum atomic E-state index is 12.7. The van der Waals surface area contributed by atoms with E-state index in [-0.39, 0.29) is 17.4 Å². The van der Waals surface area contributed by atoms with E-state index in [0.717, 1.165) is 24.0 Å². The lowest BCUT2D eigenvalue weighted by Crippen LogP contribution is -2.60. The smallest absolute Gasteiger partial charge is 0.246 e. The molecule has 4 aliphatic rings. The Bertz CT molecular complexity index is 917. The van der Waals surface area contributed by atoms with Crippen molar-refractivity contribution in [2.45, 2.75) is 58.4 Å². The van der Waals surface area contributed by atoms with Gasteiger partial charge in [-0.05, 0) is 84.6 Å². The Morgan fingerprint density at radius 3 is 2.80 bits per heavy atom. The Morgan fingerprint density at radius 2 is 2.00 bits per heavy atom. The van der Waals surface area contributed by atoms with Crippen molar-refractivity contribution in [3.05, 3.63) is 47.6 Å². The van der Waals surface area contributed by atoms with Gasteiger partial charge < -0.3 is 9.64 Å². The normalized spacial score (nSPS) is 41.4. The monoisotopic (exact) mass is 405 g/mol. The summed E-state index contributed by atoms with van der Waals surface area (Å²) in [6.45, 7) is 4.97. The largest absolute Gasteiger partial charge is 0.497 e. The summed E-state index contributed by atoms with van der Waals surface area (Å²) in [5, 5.41) is 0. The molecule has 0 N–H and O–H groups in total. The van der Waals surface area contributed by atoms with E-state index in [1.54, 1.807) is 7.11 Å².